The number of carbonyl (C=O) groups excluding carboxylic acids is 2. The number of fused-ring (bicyclic) bond motifs is 1. The lowest BCUT2D eigenvalue weighted by Gasteiger charge is -2.24. The van der Waals surface area contributed by atoms with E-state index >= 15 is 0 Å². The molecule has 228 valence electrons. The minimum atomic E-state index is -5.08. The summed E-state index contributed by atoms with van der Waals surface area (Å²) < 4.78 is 59.9. The van der Waals surface area contributed by atoms with Gasteiger partial charge in [-0.25, -0.2) is 17.9 Å². The lowest BCUT2D eigenvalue weighted by molar-refractivity contribution is -0.192. The van der Waals surface area contributed by atoms with Gasteiger partial charge in [-0.15, -0.1) is 0 Å². The van der Waals surface area contributed by atoms with E-state index in [1.807, 2.05) is 28.8 Å². The van der Waals surface area contributed by atoms with E-state index in [4.69, 9.17) is 9.90 Å². The number of carbonyl (C=O) groups is 3. The number of aromatic nitrogens is 1. The summed E-state index contributed by atoms with van der Waals surface area (Å²) in [5, 5.41) is 8.14. The summed E-state index contributed by atoms with van der Waals surface area (Å²) in [5.74, 6) is -3.30. The quantitative estimate of drug-likeness (QED) is 0.381. The van der Waals surface area contributed by atoms with Gasteiger partial charge in [0.15, 0.2) is 0 Å². The fraction of sp³-hybridized carbons (Fsp3) is 0.414. The number of hydrogen-bond acceptors (Lipinski definition) is 5. The predicted octanol–water partition coefficient (Wildman–Crippen LogP) is 5.16. The van der Waals surface area contributed by atoms with Crippen LogP contribution in [-0.4, -0.2) is 66.8 Å². The molecule has 0 atom stereocenters. The van der Waals surface area contributed by atoms with E-state index in [1.54, 1.807) is 31.1 Å². The van der Waals surface area contributed by atoms with Crippen molar-refractivity contribution in [2.45, 2.75) is 57.7 Å². The lowest BCUT2D eigenvalue weighted by atomic mass is 9.82. The van der Waals surface area contributed by atoms with Crippen LogP contribution in [-0.2, 0) is 26.2 Å². The van der Waals surface area contributed by atoms with E-state index in [0.717, 1.165) is 47.8 Å². The Morgan fingerprint density at radius 1 is 1.02 bits per heavy atom. The summed E-state index contributed by atoms with van der Waals surface area (Å²) in [4.78, 5) is 36.2. The SMILES string of the molecule is CCS(=O)(=O)NC(=O)c1ccc2c(C3CCCCC3)c(-c3ccccc3)n(CC(=O)N(C)C)c2c1.O=C(O)C(F)(F)F. The molecular weight excluding hydrogens is 575 g/mol. The van der Waals surface area contributed by atoms with Crippen molar-refractivity contribution >= 4 is 38.7 Å². The number of nitrogens with one attached hydrogen (secondary N) is 1. The Morgan fingerprint density at radius 2 is 1.62 bits per heavy atom. The largest absolute Gasteiger partial charge is 0.490 e. The maximum atomic E-state index is 12.9. The average Bonchev–Trinajstić information content (AvgIpc) is 3.26. The zero-order valence-corrected chi connectivity index (χ0v) is 24.4. The summed E-state index contributed by atoms with van der Waals surface area (Å²) in [6, 6.07) is 15.4. The molecule has 9 nitrogen and oxygen atoms in total. The molecule has 1 aliphatic carbocycles. The van der Waals surface area contributed by atoms with Crippen molar-refractivity contribution in [2.24, 2.45) is 0 Å². The molecule has 2 aromatic carbocycles. The third-order valence-electron chi connectivity index (χ3n) is 7.09. The Kier molecular flexibility index (Phi) is 10.4. The molecule has 0 spiro atoms. The predicted molar refractivity (Wildman–Crippen MR) is 153 cm³/mol. The van der Waals surface area contributed by atoms with Crippen LogP contribution in [0, 0.1) is 0 Å². The van der Waals surface area contributed by atoms with E-state index in [1.165, 1.54) is 18.9 Å². The van der Waals surface area contributed by atoms with Crippen molar-refractivity contribution in [3.63, 3.8) is 0 Å². The Bertz CT molecular complexity index is 1540. The second kappa shape index (κ2) is 13.4. The second-order valence-electron chi connectivity index (χ2n) is 10.2. The van der Waals surface area contributed by atoms with Gasteiger partial charge in [0.05, 0.1) is 17.0 Å². The van der Waals surface area contributed by atoms with Crippen LogP contribution in [0.1, 0.15) is 60.9 Å². The highest BCUT2D eigenvalue weighted by atomic mass is 32.2. The minimum absolute atomic E-state index is 0.0577. The summed E-state index contributed by atoms with van der Waals surface area (Å²) in [7, 11) is -0.233. The topological polar surface area (TPSA) is 126 Å². The molecule has 3 aromatic rings. The van der Waals surface area contributed by atoms with Crippen molar-refractivity contribution in [3.8, 4) is 11.3 Å². The molecule has 1 heterocycles. The standard InChI is InChI=1S/C27H33N3O4S.C2HF3O2/c1-4-35(33,34)28-27(32)21-15-16-22-23(17-21)30(18-24(31)29(2)3)26(20-13-9-6-10-14-20)25(22)19-11-7-5-8-12-19;3-2(4,5)1(6)7/h6,9-10,13-17,19H,4-5,7-8,11-12,18H2,1-3H3,(H,28,32);(H,6,7). The van der Waals surface area contributed by atoms with Gasteiger partial charge in [-0.05, 0) is 48.9 Å². The molecule has 2 amide bonds. The first-order valence-corrected chi connectivity index (χ1v) is 15.1. The summed E-state index contributed by atoms with van der Waals surface area (Å²) in [6.45, 7) is 1.61. The first-order valence-electron chi connectivity index (χ1n) is 13.4. The molecule has 1 aromatic heterocycles. The number of carboxylic acids is 1. The number of sulfonamides is 1. The molecule has 13 heteroatoms. The van der Waals surface area contributed by atoms with Crippen molar-refractivity contribution in [1.82, 2.24) is 14.2 Å². The molecule has 42 heavy (non-hydrogen) atoms. The number of hydrogen-bond donors (Lipinski definition) is 2. The van der Waals surface area contributed by atoms with E-state index in [0.29, 0.717) is 5.92 Å². The number of carboxylic acid groups (broad SMARTS) is 1. The first kappa shape index (κ1) is 32.6. The van der Waals surface area contributed by atoms with Gasteiger partial charge in [-0.2, -0.15) is 13.2 Å². The molecule has 0 unspecified atom stereocenters. The molecule has 1 saturated carbocycles. The third kappa shape index (κ3) is 7.90. The van der Waals surface area contributed by atoms with Crippen LogP contribution >= 0.6 is 0 Å². The van der Waals surface area contributed by atoms with E-state index in [2.05, 4.69) is 16.9 Å². The van der Waals surface area contributed by atoms with Gasteiger partial charge < -0.3 is 14.6 Å². The Balaban J connectivity index is 0.000000616. The maximum absolute atomic E-state index is 12.9. The van der Waals surface area contributed by atoms with E-state index in [-0.39, 0.29) is 23.8 Å². The molecule has 0 saturated heterocycles. The summed E-state index contributed by atoms with van der Waals surface area (Å²) >= 11 is 0. The summed E-state index contributed by atoms with van der Waals surface area (Å²) in [5.41, 5.74) is 4.25. The molecule has 1 aliphatic rings. The van der Waals surface area contributed by atoms with E-state index in [9.17, 15) is 31.2 Å². The first-order chi connectivity index (χ1) is 19.7. The molecule has 4 rings (SSSR count). The maximum Gasteiger partial charge on any atom is 0.490 e. The van der Waals surface area contributed by atoms with Crippen LogP contribution in [0.15, 0.2) is 48.5 Å². The van der Waals surface area contributed by atoms with Crippen LogP contribution in [0.2, 0.25) is 0 Å². The van der Waals surface area contributed by atoms with E-state index < -0.39 is 28.1 Å². The monoisotopic (exact) mass is 609 g/mol. The third-order valence-corrected chi connectivity index (χ3v) is 8.35. The molecule has 0 radical (unpaired) electrons. The second-order valence-corrected chi connectivity index (χ2v) is 12.2. The highest BCUT2D eigenvalue weighted by molar-refractivity contribution is 7.90. The zero-order valence-electron chi connectivity index (χ0n) is 23.6. The molecule has 0 bridgehead atoms. The van der Waals surface area contributed by atoms with Gasteiger partial charge in [-0.1, -0.05) is 55.7 Å². The fourth-order valence-corrected chi connectivity index (χ4v) is 5.49. The molecule has 2 N–H and O–H groups in total. The molecule has 1 fully saturated rings. The number of rotatable bonds is 7. The van der Waals surface area contributed by atoms with Crippen LogP contribution in [0.5, 0.6) is 0 Å². The highest BCUT2D eigenvalue weighted by Gasteiger charge is 2.38. The van der Waals surface area contributed by atoms with Crippen molar-refractivity contribution in [1.29, 1.82) is 0 Å². The fourth-order valence-electron chi connectivity index (χ4n) is 4.94. The van der Waals surface area contributed by atoms with Crippen molar-refractivity contribution in [2.75, 3.05) is 19.8 Å². The Labute approximate surface area is 242 Å². The average molecular weight is 610 g/mol. The molecular formula is C29H34F3N3O6S. The Morgan fingerprint density at radius 3 is 2.14 bits per heavy atom. The van der Waals surface area contributed by atoms with Gasteiger partial charge in [0, 0.05) is 25.0 Å². The van der Waals surface area contributed by atoms with Gasteiger partial charge in [0.2, 0.25) is 15.9 Å². The van der Waals surface area contributed by atoms with Crippen LogP contribution in [0.25, 0.3) is 22.2 Å². The summed E-state index contributed by atoms with van der Waals surface area (Å²) in [6.07, 6.45) is 0.634. The smallest absolute Gasteiger partial charge is 0.475 e. The molecule has 0 aliphatic heterocycles. The van der Waals surface area contributed by atoms with Crippen LogP contribution < -0.4 is 4.72 Å². The Hall–Kier alpha value is -3.87. The van der Waals surface area contributed by atoms with Gasteiger partial charge in [0.1, 0.15) is 6.54 Å². The number of aliphatic carboxylic acids is 1. The van der Waals surface area contributed by atoms with Crippen molar-refractivity contribution in [3.05, 3.63) is 59.7 Å². The number of likely N-dealkylation sites (N-methyl/N-ethyl adjacent to an activating group) is 1. The van der Waals surface area contributed by atoms with Gasteiger partial charge in [-0.3, -0.25) is 9.59 Å². The number of halogens is 3. The zero-order chi connectivity index (χ0) is 31.2. The number of benzene rings is 2. The minimum Gasteiger partial charge on any atom is -0.475 e. The number of amides is 2. The number of alkyl halides is 3. The van der Waals surface area contributed by atoms with Gasteiger partial charge in [0.25, 0.3) is 5.91 Å². The van der Waals surface area contributed by atoms with Crippen LogP contribution in [0.3, 0.4) is 0 Å². The van der Waals surface area contributed by atoms with Gasteiger partial charge >= 0.3 is 12.1 Å². The number of nitrogens with zero attached hydrogens (tertiary/aromatic N) is 2. The lowest BCUT2D eigenvalue weighted by Crippen LogP contribution is -2.31. The highest BCUT2D eigenvalue weighted by Crippen LogP contribution is 2.44. The van der Waals surface area contributed by atoms with Crippen molar-refractivity contribution < 1.29 is 41.1 Å². The normalized spacial score (nSPS) is 14.1. The van der Waals surface area contributed by atoms with Crippen LogP contribution in [0.4, 0.5) is 13.2 Å².